The molecule has 0 radical (unpaired) electrons. The van der Waals surface area contributed by atoms with E-state index >= 15 is 0 Å². The summed E-state index contributed by atoms with van der Waals surface area (Å²) in [5, 5.41) is 14.2. The summed E-state index contributed by atoms with van der Waals surface area (Å²) in [6, 6.07) is -4.27. The predicted molar refractivity (Wildman–Crippen MR) is 111 cm³/mol. The number of amides is 4. The van der Waals surface area contributed by atoms with E-state index in [9.17, 15) is 29.1 Å². The Morgan fingerprint density at radius 3 is 2.23 bits per heavy atom. The second kappa shape index (κ2) is 11.7. The van der Waals surface area contributed by atoms with Crippen LogP contribution in [0.4, 0.5) is 0 Å². The number of carbonyl (C=O) groups is 5. The first-order valence-corrected chi connectivity index (χ1v) is 10.4. The molecule has 1 aliphatic heterocycles. The summed E-state index contributed by atoms with van der Waals surface area (Å²) in [7, 11) is 0. The van der Waals surface area contributed by atoms with Crippen molar-refractivity contribution in [2.75, 3.05) is 12.3 Å². The van der Waals surface area contributed by atoms with E-state index in [-0.39, 0.29) is 24.6 Å². The van der Waals surface area contributed by atoms with Crippen LogP contribution in [0.25, 0.3) is 0 Å². The zero-order valence-corrected chi connectivity index (χ0v) is 18.1. The first-order valence-electron chi connectivity index (χ1n) is 9.76. The fourth-order valence-electron chi connectivity index (χ4n) is 3.22. The molecule has 1 rings (SSSR count). The van der Waals surface area contributed by atoms with Gasteiger partial charge in [0.1, 0.15) is 18.1 Å². The molecule has 7 N–H and O–H groups in total. The highest BCUT2D eigenvalue weighted by Crippen LogP contribution is 2.20. The predicted octanol–water partition coefficient (Wildman–Crippen LogP) is -1.79. The Morgan fingerprint density at radius 2 is 1.73 bits per heavy atom. The molecule has 4 unspecified atom stereocenters. The van der Waals surface area contributed by atoms with Gasteiger partial charge < -0.3 is 32.1 Å². The number of carboxylic acids is 1. The van der Waals surface area contributed by atoms with Crippen LogP contribution in [0.5, 0.6) is 0 Å². The smallest absolute Gasteiger partial charge is 0.326 e. The van der Waals surface area contributed by atoms with Crippen molar-refractivity contribution < 1.29 is 29.1 Å². The lowest BCUT2D eigenvalue weighted by Crippen LogP contribution is -2.58. The van der Waals surface area contributed by atoms with Gasteiger partial charge in [-0.2, -0.15) is 12.6 Å². The Balaban J connectivity index is 3.00. The minimum Gasteiger partial charge on any atom is -0.480 e. The van der Waals surface area contributed by atoms with Gasteiger partial charge in [-0.15, -0.1) is 0 Å². The van der Waals surface area contributed by atoms with Crippen molar-refractivity contribution in [3.63, 3.8) is 0 Å². The number of likely N-dealkylation sites (tertiary alicyclic amines) is 1. The van der Waals surface area contributed by atoms with Gasteiger partial charge in [0.05, 0.1) is 12.5 Å². The highest BCUT2D eigenvalue weighted by Gasteiger charge is 2.38. The molecule has 4 atom stereocenters. The maximum Gasteiger partial charge on any atom is 0.326 e. The number of nitrogens with zero attached hydrogens (tertiary/aromatic N) is 1. The lowest BCUT2D eigenvalue weighted by atomic mass is 10.0. The van der Waals surface area contributed by atoms with Crippen molar-refractivity contribution in [3.8, 4) is 0 Å². The Bertz CT molecular complexity index is 673. The Hall–Kier alpha value is -2.34. The van der Waals surface area contributed by atoms with Gasteiger partial charge in [0.15, 0.2) is 0 Å². The molecule has 1 fully saturated rings. The highest BCUT2D eigenvalue weighted by atomic mass is 32.1. The number of aliphatic carboxylic acids is 1. The van der Waals surface area contributed by atoms with Crippen LogP contribution >= 0.6 is 12.6 Å². The van der Waals surface area contributed by atoms with Crippen LogP contribution in [0.2, 0.25) is 0 Å². The third kappa shape index (κ3) is 7.48. The number of carboxylic acid groups (broad SMARTS) is 1. The van der Waals surface area contributed by atoms with Crippen molar-refractivity contribution in [2.45, 2.75) is 63.7 Å². The van der Waals surface area contributed by atoms with E-state index in [1.165, 1.54) is 4.90 Å². The molecule has 1 heterocycles. The molecule has 0 aliphatic carbocycles. The van der Waals surface area contributed by atoms with Crippen LogP contribution in [0.3, 0.4) is 0 Å². The SMILES string of the molecule is CC(C)CC(NC(=O)C(CC(N)=O)NC(=O)C(N)CS)C(=O)N1CCCC1C(=O)O. The minimum absolute atomic E-state index is 0.00640. The average molecular weight is 446 g/mol. The molecule has 0 aromatic heterocycles. The highest BCUT2D eigenvalue weighted by molar-refractivity contribution is 7.80. The zero-order chi connectivity index (χ0) is 23.0. The van der Waals surface area contributed by atoms with Gasteiger partial charge in [-0.1, -0.05) is 13.8 Å². The summed E-state index contributed by atoms with van der Waals surface area (Å²) >= 11 is 3.92. The molecule has 4 amide bonds. The topological polar surface area (TPSA) is 185 Å². The molecule has 11 nitrogen and oxygen atoms in total. The second-order valence-electron chi connectivity index (χ2n) is 7.74. The summed E-state index contributed by atoms with van der Waals surface area (Å²) < 4.78 is 0. The van der Waals surface area contributed by atoms with Gasteiger partial charge in [0.2, 0.25) is 23.6 Å². The summed E-state index contributed by atoms with van der Waals surface area (Å²) in [6.07, 6.45) is 0.653. The summed E-state index contributed by atoms with van der Waals surface area (Å²) in [4.78, 5) is 61.8. The van der Waals surface area contributed by atoms with E-state index in [0.29, 0.717) is 12.8 Å². The molecule has 170 valence electrons. The van der Waals surface area contributed by atoms with Crippen LogP contribution in [0.15, 0.2) is 0 Å². The normalized spacial score (nSPS) is 19.1. The lowest BCUT2D eigenvalue weighted by molar-refractivity contribution is -0.149. The van der Waals surface area contributed by atoms with Crippen LogP contribution in [0.1, 0.15) is 39.5 Å². The lowest BCUT2D eigenvalue weighted by Gasteiger charge is -2.29. The third-order valence-electron chi connectivity index (χ3n) is 4.71. The van der Waals surface area contributed by atoms with E-state index in [4.69, 9.17) is 11.5 Å². The van der Waals surface area contributed by atoms with Crippen molar-refractivity contribution in [1.29, 1.82) is 0 Å². The summed E-state index contributed by atoms with van der Waals surface area (Å²) in [5.74, 6) is -3.88. The molecular weight excluding hydrogens is 414 g/mol. The van der Waals surface area contributed by atoms with Gasteiger partial charge >= 0.3 is 5.97 Å². The number of carbonyl (C=O) groups excluding carboxylic acids is 4. The monoisotopic (exact) mass is 445 g/mol. The van der Waals surface area contributed by atoms with Crippen LogP contribution in [0, 0.1) is 5.92 Å². The van der Waals surface area contributed by atoms with Crippen molar-refractivity contribution in [1.82, 2.24) is 15.5 Å². The van der Waals surface area contributed by atoms with Gasteiger partial charge in [0, 0.05) is 12.3 Å². The van der Waals surface area contributed by atoms with Gasteiger partial charge in [-0.25, -0.2) is 4.79 Å². The maximum atomic E-state index is 13.0. The van der Waals surface area contributed by atoms with E-state index in [2.05, 4.69) is 23.3 Å². The fourth-order valence-corrected chi connectivity index (χ4v) is 3.39. The minimum atomic E-state index is -1.32. The van der Waals surface area contributed by atoms with Crippen molar-refractivity contribution in [2.24, 2.45) is 17.4 Å². The first-order chi connectivity index (χ1) is 14.0. The quantitative estimate of drug-likeness (QED) is 0.203. The number of nitrogens with two attached hydrogens (primary N) is 2. The molecule has 0 spiro atoms. The molecule has 30 heavy (non-hydrogen) atoms. The number of rotatable bonds is 11. The molecule has 0 bridgehead atoms. The standard InChI is InChI=1S/C18H31N5O6S/c1-9(2)6-12(17(27)23-5-3-4-13(23)18(28)29)22-16(26)11(7-14(20)24)21-15(25)10(19)8-30/h9-13,30H,3-8,19H2,1-2H3,(H2,20,24)(H,21,25)(H,22,26)(H,28,29). The molecular formula is C18H31N5O6S. The number of hydrogen-bond donors (Lipinski definition) is 6. The third-order valence-corrected chi connectivity index (χ3v) is 5.11. The van der Waals surface area contributed by atoms with Gasteiger partial charge in [0.25, 0.3) is 0 Å². The van der Waals surface area contributed by atoms with Gasteiger partial charge in [-0.05, 0) is 25.2 Å². The number of thiol groups is 1. The molecule has 1 aliphatic rings. The molecule has 1 saturated heterocycles. The Labute approximate surface area is 180 Å². The molecule has 0 aromatic carbocycles. The molecule has 12 heteroatoms. The van der Waals surface area contributed by atoms with Crippen molar-refractivity contribution >= 4 is 42.2 Å². The second-order valence-corrected chi connectivity index (χ2v) is 8.10. The number of primary amides is 1. The van der Waals surface area contributed by atoms with Crippen LogP contribution < -0.4 is 22.1 Å². The Morgan fingerprint density at radius 1 is 1.13 bits per heavy atom. The van der Waals surface area contributed by atoms with Gasteiger partial charge in [-0.3, -0.25) is 19.2 Å². The summed E-state index contributed by atoms with van der Waals surface area (Å²) in [5.41, 5.74) is 10.8. The average Bonchev–Trinajstić information content (AvgIpc) is 3.14. The molecule has 0 saturated carbocycles. The zero-order valence-electron chi connectivity index (χ0n) is 17.2. The van der Waals surface area contributed by atoms with Crippen LogP contribution in [-0.2, 0) is 24.0 Å². The number of hydrogen-bond acceptors (Lipinski definition) is 7. The fraction of sp³-hybridized carbons (Fsp3) is 0.722. The van der Waals surface area contributed by atoms with E-state index in [1.807, 2.05) is 13.8 Å². The van der Waals surface area contributed by atoms with Crippen LogP contribution in [-0.4, -0.2) is 76.1 Å². The van der Waals surface area contributed by atoms with E-state index in [1.54, 1.807) is 0 Å². The van der Waals surface area contributed by atoms with E-state index in [0.717, 1.165) is 0 Å². The summed E-state index contributed by atoms with van der Waals surface area (Å²) in [6.45, 7) is 3.97. The first kappa shape index (κ1) is 25.7. The van der Waals surface area contributed by atoms with Crippen molar-refractivity contribution in [3.05, 3.63) is 0 Å². The molecule has 0 aromatic rings. The largest absolute Gasteiger partial charge is 0.480 e. The van der Waals surface area contributed by atoms with E-state index < -0.39 is 60.2 Å². The maximum absolute atomic E-state index is 13.0. The Kier molecular flexibility index (Phi) is 10.1. The number of nitrogens with one attached hydrogen (secondary N) is 2.